The van der Waals surface area contributed by atoms with E-state index < -0.39 is 5.26 Å². The molecule has 0 radical (unpaired) electrons. The van der Waals surface area contributed by atoms with Crippen LogP contribution in [0.1, 0.15) is 0 Å². The normalized spacial score (nSPS) is 9.88. The van der Waals surface area contributed by atoms with Gasteiger partial charge in [-0.2, -0.15) is 9.37 Å². The highest BCUT2D eigenvalue weighted by Gasteiger charge is 2.03. The minimum atomic E-state index is -0.597. The summed E-state index contributed by atoms with van der Waals surface area (Å²) in [6.45, 7) is 0. The lowest BCUT2D eigenvalue weighted by molar-refractivity contribution is 0.617. The second-order valence-corrected chi connectivity index (χ2v) is 2.94. The van der Waals surface area contributed by atoms with Crippen LogP contribution in [0.3, 0.4) is 0 Å². The molecule has 44 valence electrons. The number of nitrogens with zero attached hydrogens (tertiary/aromatic N) is 1. The van der Waals surface area contributed by atoms with Gasteiger partial charge in [-0.25, -0.2) is 0 Å². The molecule has 0 spiro atoms. The van der Waals surface area contributed by atoms with Crippen LogP contribution in [0.15, 0.2) is 0 Å². The van der Waals surface area contributed by atoms with Crippen molar-refractivity contribution < 1.29 is 4.39 Å². The van der Waals surface area contributed by atoms with E-state index in [0.29, 0.717) is 0 Å². The summed E-state index contributed by atoms with van der Waals surface area (Å²) < 4.78 is 12.1. The molecule has 0 unspecified atom stereocenters. The van der Waals surface area contributed by atoms with Crippen molar-refractivity contribution in [1.29, 1.82) is 0 Å². The molecule has 0 N–H and O–H groups in total. The van der Waals surface area contributed by atoms with E-state index in [-0.39, 0.29) is 9.49 Å². The van der Waals surface area contributed by atoms with E-state index in [4.69, 9.17) is 23.2 Å². The maximum absolute atomic E-state index is 11.9. The van der Waals surface area contributed by atoms with Crippen LogP contribution in [0, 0.1) is 5.26 Å². The van der Waals surface area contributed by atoms with Crippen LogP contribution in [-0.2, 0) is 0 Å². The predicted molar refractivity (Wildman–Crippen MR) is 32.1 cm³/mol. The van der Waals surface area contributed by atoms with Gasteiger partial charge in [0, 0.05) is 0 Å². The molecule has 0 aliphatic heterocycles. The fourth-order valence-corrected chi connectivity index (χ4v) is 1.15. The summed E-state index contributed by atoms with van der Waals surface area (Å²) in [6.07, 6.45) is 0. The smallest absolute Gasteiger partial charge is 0.196 e. The second kappa shape index (κ2) is 2.17. The van der Waals surface area contributed by atoms with E-state index in [0.717, 1.165) is 11.3 Å². The lowest BCUT2D eigenvalue weighted by Crippen LogP contribution is -1.63. The fourth-order valence-electron chi connectivity index (χ4n) is 0.260. The molecule has 0 aliphatic carbocycles. The first kappa shape index (κ1) is 6.26. The van der Waals surface area contributed by atoms with Crippen molar-refractivity contribution in [3.8, 4) is 0 Å². The van der Waals surface area contributed by atoms with E-state index in [1.165, 1.54) is 0 Å². The van der Waals surface area contributed by atoms with E-state index in [1.54, 1.807) is 0 Å². The molecule has 1 nitrogen and oxygen atoms in total. The van der Waals surface area contributed by atoms with E-state index in [9.17, 15) is 4.39 Å². The van der Waals surface area contributed by atoms with Crippen LogP contribution in [0.5, 0.6) is 0 Å². The lowest BCUT2D eigenvalue weighted by atomic mass is 11.0. The molecule has 5 heteroatoms. The molecule has 1 rings (SSSR count). The quantitative estimate of drug-likeness (QED) is 0.585. The van der Waals surface area contributed by atoms with Crippen LogP contribution in [-0.4, -0.2) is 4.98 Å². The summed E-state index contributed by atoms with van der Waals surface area (Å²) >= 11 is 11.3. The minimum absolute atomic E-state index is 0.0363. The second-order valence-electron chi connectivity index (χ2n) is 1.03. The van der Waals surface area contributed by atoms with Gasteiger partial charge in [0.25, 0.3) is 5.26 Å². The summed E-state index contributed by atoms with van der Waals surface area (Å²) in [6, 6.07) is 0. The first-order valence-corrected chi connectivity index (χ1v) is 3.24. The Bertz CT molecular complexity index is 180. The maximum Gasteiger partial charge on any atom is 0.271 e. The Labute approximate surface area is 59.1 Å². The van der Waals surface area contributed by atoms with Gasteiger partial charge in [-0.1, -0.05) is 34.5 Å². The first-order valence-electron chi connectivity index (χ1n) is 1.67. The molecule has 0 bridgehead atoms. The van der Waals surface area contributed by atoms with Crippen molar-refractivity contribution in [1.82, 2.24) is 4.98 Å². The molecule has 1 aromatic heterocycles. The van der Waals surface area contributed by atoms with Gasteiger partial charge in [-0.15, -0.1) is 0 Å². The number of aromatic nitrogens is 1. The Morgan fingerprint density at radius 3 is 2.25 bits per heavy atom. The van der Waals surface area contributed by atoms with Crippen LogP contribution in [0.4, 0.5) is 4.39 Å². The molecule has 0 aromatic carbocycles. The van der Waals surface area contributed by atoms with Gasteiger partial charge in [-0.05, 0) is 0 Å². The van der Waals surface area contributed by atoms with Gasteiger partial charge < -0.3 is 0 Å². The van der Waals surface area contributed by atoms with Crippen LogP contribution < -0.4 is 0 Å². The van der Waals surface area contributed by atoms with Gasteiger partial charge in [-0.3, -0.25) is 0 Å². The average Bonchev–Trinajstić information content (AvgIpc) is 1.85. The molecule has 1 aromatic rings. The Balaban J connectivity index is 3.14. The largest absolute Gasteiger partial charge is 0.271 e. The summed E-state index contributed by atoms with van der Waals surface area (Å²) in [5.41, 5.74) is 0. The fraction of sp³-hybridized carbons (Fsp3) is 0. The molecular formula is C3Cl2FNS. The molecule has 0 saturated carbocycles. The third-order valence-electron chi connectivity index (χ3n) is 0.522. The van der Waals surface area contributed by atoms with Gasteiger partial charge in [0.05, 0.1) is 0 Å². The van der Waals surface area contributed by atoms with Crippen molar-refractivity contribution in [3.63, 3.8) is 0 Å². The highest BCUT2D eigenvalue weighted by molar-refractivity contribution is 7.15. The number of thiazole rings is 1. The molecule has 0 fully saturated rings. The Kier molecular flexibility index (Phi) is 1.70. The zero-order valence-corrected chi connectivity index (χ0v) is 5.82. The Hall–Kier alpha value is 0.140. The van der Waals surface area contributed by atoms with E-state index in [1.807, 2.05) is 0 Å². The topological polar surface area (TPSA) is 12.9 Å². The van der Waals surface area contributed by atoms with Gasteiger partial charge in [0.1, 0.15) is 4.34 Å². The average molecular weight is 172 g/mol. The van der Waals surface area contributed by atoms with Gasteiger partial charge in [0.15, 0.2) is 5.15 Å². The molecule has 8 heavy (non-hydrogen) atoms. The Morgan fingerprint density at radius 2 is 2.12 bits per heavy atom. The van der Waals surface area contributed by atoms with Crippen LogP contribution in [0.25, 0.3) is 0 Å². The van der Waals surface area contributed by atoms with Crippen LogP contribution in [0.2, 0.25) is 9.49 Å². The van der Waals surface area contributed by atoms with Crippen molar-refractivity contribution in [3.05, 3.63) is 14.8 Å². The third kappa shape index (κ3) is 1.10. The molecule has 1 heterocycles. The van der Waals surface area contributed by atoms with E-state index in [2.05, 4.69) is 4.98 Å². The zero-order valence-electron chi connectivity index (χ0n) is 3.49. The number of hydrogen-bond donors (Lipinski definition) is 0. The van der Waals surface area contributed by atoms with Crippen LogP contribution >= 0.6 is 34.5 Å². The van der Waals surface area contributed by atoms with Crippen molar-refractivity contribution in [2.75, 3.05) is 0 Å². The number of rotatable bonds is 0. The molecule has 0 atom stereocenters. The van der Waals surface area contributed by atoms with Crippen molar-refractivity contribution >= 4 is 34.5 Å². The Morgan fingerprint density at radius 1 is 1.50 bits per heavy atom. The van der Waals surface area contributed by atoms with E-state index >= 15 is 0 Å². The highest BCUT2D eigenvalue weighted by Crippen LogP contribution is 2.26. The van der Waals surface area contributed by atoms with Gasteiger partial charge >= 0.3 is 0 Å². The zero-order chi connectivity index (χ0) is 6.15. The third-order valence-corrected chi connectivity index (χ3v) is 2.05. The summed E-state index contributed by atoms with van der Waals surface area (Å²) in [4.78, 5) is 3.20. The maximum atomic E-state index is 11.9. The highest BCUT2D eigenvalue weighted by atomic mass is 35.5. The SMILES string of the molecule is Fc1nc(Cl)c(Cl)s1. The predicted octanol–water partition coefficient (Wildman–Crippen LogP) is 2.59. The summed E-state index contributed by atoms with van der Waals surface area (Å²) in [5.74, 6) is 0. The lowest BCUT2D eigenvalue weighted by Gasteiger charge is -1.70. The summed E-state index contributed by atoms with van der Waals surface area (Å²) in [7, 11) is 0. The molecular weight excluding hydrogens is 172 g/mol. The number of halogens is 3. The van der Waals surface area contributed by atoms with Crippen molar-refractivity contribution in [2.45, 2.75) is 0 Å². The minimum Gasteiger partial charge on any atom is -0.196 e. The molecule has 0 saturated heterocycles. The number of hydrogen-bond acceptors (Lipinski definition) is 2. The molecule has 0 aliphatic rings. The first-order chi connectivity index (χ1) is 3.70. The summed E-state index contributed by atoms with van der Waals surface area (Å²) in [5, 5.41) is -0.561. The van der Waals surface area contributed by atoms with Crippen molar-refractivity contribution in [2.24, 2.45) is 0 Å². The monoisotopic (exact) mass is 171 g/mol. The van der Waals surface area contributed by atoms with Gasteiger partial charge in [0.2, 0.25) is 0 Å². The standard InChI is InChI=1S/C3Cl2FNS/c4-1-2(5)8-3(6)7-1. The molecule has 0 amide bonds.